The monoisotopic (exact) mass is 302 g/mol. The minimum atomic E-state index is -0.373. The van der Waals surface area contributed by atoms with Crippen molar-refractivity contribution in [3.63, 3.8) is 0 Å². The van der Waals surface area contributed by atoms with Crippen molar-refractivity contribution in [1.29, 1.82) is 0 Å². The molecule has 2 aliphatic rings. The number of nitrogens with zero attached hydrogens (tertiary/aromatic N) is 1. The Morgan fingerprint density at radius 1 is 1.41 bits per heavy atom. The van der Waals surface area contributed by atoms with Crippen LogP contribution >= 0.6 is 0 Å². The number of hydrogen-bond acceptors (Lipinski definition) is 2. The Kier molecular flexibility index (Phi) is 4.13. The standard InChI is InChI=1S/C18H26N2O2/c1-13-5-3-4-6-15(13)18(9-10-18)12-19-17(22)20(2)11-16(21)14-7-8-14/h3-6,14,16,21H,7-12H2,1-2H3,(H,19,22). The second-order valence-corrected chi connectivity index (χ2v) is 7.04. The number of aryl methyl sites for hydroxylation is 1. The van der Waals surface area contributed by atoms with Crippen molar-refractivity contribution < 1.29 is 9.90 Å². The van der Waals surface area contributed by atoms with Gasteiger partial charge in [-0.25, -0.2) is 4.79 Å². The highest BCUT2D eigenvalue weighted by molar-refractivity contribution is 5.74. The van der Waals surface area contributed by atoms with Crippen LogP contribution in [0.4, 0.5) is 4.79 Å². The molecule has 0 saturated heterocycles. The highest BCUT2D eigenvalue weighted by atomic mass is 16.3. The topological polar surface area (TPSA) is 52.6 Å². The lowest BCUT2D eigenvalue weighted by molar-refractivity contribution is 0.113. The molecule has 22 heavy (non-hydrogen) atoms. The quantitative estimate of drug-likeness (QED) is 0.848. The maximum Gasteiger partial charge on any atom is 0.317 e. The first-order valence-corrected chi connectivity index (χ1v) is 8.25. The zero-order valence-electron chi connectivity index (χ0n) is 13.5. The van der Waals surface area contributed by atoms with Gasteiger partial charge in [0.1, 0.15) is 0 Å². The number of carbonyl (C=O) groups is 1. The van der Waals surface area contributed by atoms with E-state index in [9.17, 15) is 9.90 Å². The van der Waals surface area contributed by atoms with Crippen LogP contribution in [0.2, 0.25) is 0 Å². The van der Waals surface area contributed by atoms with Crippen LogP contribution in [-0.2, 0) is 5.41 Å². The second kappa shape index (κ2) is 5.92. The maximum absolute atomic E-state index is 12.2. The SMILES string of the molecule is Cc1ccccc1C1(CNC(=O)N(C)CC(O)C2CC2)CC1. The Balaban J connectivity index is 1.53. The van der Waals surface area contributed by atoms with E-state index in [2.05, 4.69) is 36.5 Å². The summed E-state index contributed by atoms with van der Waals surface area (Å²) < 4.78 is 0. The zero-order valence-corrected chi connectivity index (χ0v) is 13.5. The van der Waals surface area contributed by atoms with E-state index in [1.54, 1.807) is 11.9 Å². The Morgan fingerprint density at radius 3 is 2.68 bits per heavy atom. The van der Waals surface area contributed by atoms with Crippen LogP contribution in [0.3, 0.4) is 0 Å². The summed E-state index contributed by atoms with van der Waals surface area (Å²) in [7, 11) is 1.76. The van der Waals surface area contributed by atoms with E-state index in [4.69, 9.17) is 0 Å². The van der Waals surface area contributed by atoms with E-state index >= 15 is 0 Å². The predicted molar refractivity (Wildman–Crippen MR) is 86.9 cm³/mol. The summed E-state index contributed by atoms with van der Waals surface area (Å²) in [5.41, 5.74) is 2.78. The molecule has 4 nitrogen and oxygen atoms in total. The molecule has 0 aliphatic heterocycles. The Morgan fingerprint density at radius 2 is 2.09 bits per heavy atom. The molecular weight excluding hydrogens is 276 g/mol. The summed E-state index contributed by atoms with van der Waals surface area (Å²) in [5.74, 6) is 0.400. The van der Waals surface area contributed by atoms with E-state index < -0.39 is 0 Å². The van der Waals surface area contributed by atoms with E-state index in [1.807, 2.05) is 0 Å². The number of likely N-dealkylation sites (N-methyl/N-ethyl adjacent to an activating group) is 1. The van der Waals surface area contributed by atoms with E-state index in [0.717, 1.165) is 25.7 Å². The van der Waals surface area contributed by atoms with Gasteiger partial charge in [-0.05, 0) is 49.7 Å². The van der Waals surface area contributed by atoms with Crippen molar-refractivity contribution in [3.05, 3.63) is 35.4 Å². The molecule has 1 atom stereocenters. The van der Waals surface area contributed by atoms with Crippen LogP contribution in [0.25, 0.3) is 0 Å². The first kappa shape index (κ1) is 15.3. The van der Waals surface area contributed by atoms with Crippen molar-refractivity contribution in [2.24, 2.45) is 5.92 Å². The Bertz CT molecular complexity index is 550. The van der Waals surface area contributed by atoms with Gasteiger partial charge in [0.15, 0.2) is 0 Å². The smallest absolute Gasteiger partial charge is 0.317 e. The van der Waals surface area contributed by atoms with Crippen LogP contribution in [0.1, 0.15) is 36.8 Å². The first-order valence-electron chi connectivity index (χ1n) is 8.25. The fourth-order valence-corrected chi connectivity index (χ4v) is 3.23. The largest absolute Gasteiger partial charge is 0.391 e. The number of nitrogens with one attached hydrogen (secondary N) is 1. The molecule has 2 N–H and O–H groups in total. The van der Waals surface area contributed by atoms with E-state index in [-0.39, 0.29) is 17.6 Å². The Labute approximate surface area is 132 Å². The molecule has 0 heterocycles. The molecule has 2 aliphatic carbocycles. The van der Waals surface area contributed by atoms with Crippen LogP contribution in [0.15, 0.2) is 24.3 Å². The van der Waals surface area contributed by atoms with Gasteiger partial charge in [0.2, 0.25) is 0 Å². The number of benzene rings is 1. The van der Waals surface area contributed by atoms with Crippen molar-refractivity contribution in [1.82, 2.24) is 10.2 Å². The second-order valence-electron chi connectivity index (χ2n) is 7.04. The highest BCUT2D eigenvalue weighted by Crippen LogP contribution is 2.48. The van der Waals surface area contributed by atoms with Gasteiger partial charge in [-0.1, -0.05) is 24.3 Å². The third-order valence-corrected chi connectivity index (χ3v) is 5.12. The van der Waals surface area contributed by atoms with Crippen molar-refractivity contribution in [2.75, 3.05) is 20.1 Å². The number of rotatable bonds is 6. The van der Waals surface area contributed by atoms with Gasteiger partial charge in [0.05, 0.1) is 6.10 Å². The summed E-state index contributed by atoms with van der Waals surface area (Å²) >= 11 is 0. The summed E-state index contributed by atoms with van der Waals surface area (Å²) in [4.78, 5) is 13.8. The molecule has 2 amide bonds. The average molecular weight is 302 g/mol. The first-order chi connectivity index (χ1) is 10.5. The molecule has 3 rings (SSSR count). The number of aliphatic hydroxyl groups excluding tert-OH is 1. The average Bonchev–Trinajstić information content (AvgIpc) is 3.38. The third kappa shape index (κ3) is 3.27. The molecule has 0 radical (unpaired) electrons. The summed E-state index contributed by atoms with van der Waals surface area (Å²) in [5, 5.41) is 13.0. The number of amides is 2. The minimum absolute atomic E-state index is 0.0837. The molecule has 120 valence electrons. The molecule has 2 fully saturated rings. The van der Waals surface area contributed by atoms with Gasteiger partial charge < -0.3 is 15.3 Å². The minimum Gasteiger partial charge on any atom is -0.391 e. The van der Waals surface area contributed by atoms with Crippen molar-refractivity contribution in [3.8, 4) is 0 Å². The maximum atomic E-state index is 12.2. The van der Waals surface area contributed by atoms with Gasteiger partial charge in [-0.2, -0.15) is 0 Å². The molecule has 0 spiro atoms. The zero-order chi connectivity index (χ0) is 15.7. The fourth-order valence-electron chi connectivity index (χ4n) is 3.23. The van der Waals surface area contributed by atoms with Gasteiger partial charge in [-0.15, -0.1) is 0 Å². The van der Waals surface area contributed by atoms with Crippen LogP contribution in [0, 0.1) is 12.8 Å². The van der Waals surface area contributed by atoms with Gasteiger partial charge in [0, 0.05) is 25.6 Å². The van der Waals surface area contributed by atoms with Crippen molar-refractivity contribution in [2.45, 2.75) is 44.1 Å². The summed E-state index contributed by atoms with van der Waals surface area (Å²) in [6, 6.07) is 8.35. The lowest BCUT2D eigenvalue weighted by Crippen LogP contribution is -2.44. The Hall–Kier alpha value is -1.55. The summed E-state index contributed by atoms with van der Waals surface area (Å²) in [6.07, 6.45) is 4.07. The lowest BCUT2D eigenvalue weighted by Gasteiger charge is -2.24. The molecule has 0 bridgehead atoms. The number of aliphatic hydroxyl groups is 1. The fraction of sp³-hybridized carbons (Fsp3) is 0.611. The van der Waals surface area contributed by atoms with Crippen molar-refractivity contribution >= 4 is 6.03 Å². The molecule has 1 unspecified atom stereocenters. The molecule has 4 heteroatoms. The van der Waals surface area contributed by atoms with E-state index in [0.29, 0.717) is 19.0 Å². The van der Waals surface area contributed by atoms with Gasteiger partial charge in [-0.3, -0.25) is 0 Å². The molecule has 1 aromatic carbocycles. The number of urea groups is 1. The number of hydrogen-bond donors (Lipinski definition) is 2. The van der Waals surface area contributed by atoms with Gasteiger partial charge >= 0.3 is 6.03 Å². The third-order valence-electron chi connectivity index (χ3n) is 5.12. The molecule has 0 aromatic heterocycles. The van der Waals surface area contributed by atoms with Crippen LogP contribution < -0.4 is 5.32 Å². The van der Waals surface area contributed by atoms with E-state index in [1.165, 1.54) is 11.1 Å². The predicted octanol–water partition coefficient (Wildman–Crippen LogP) is 2.44. The molecule has 1 aromatic rings. The van der Waals surface area contributed by atoms with Crippen LogP contribution in [0.5, 0.6) is 0 Å². The highest BCUT2D eigenvalue weighted by Gasteiger charge is 2.45. The lowest BCUT2D eigenvalue weighted by atomic mass is 9.92. The van der Waals surface area contributed by atoms with Crippen LogP contribution in [-0.4, -0.2) is 42.3 Å². The van der Waals surface area contributed by atoms with Gasteiger partial charge in [0.25, 0.3) is 0 Å². The number of carbonyl (C=O) groups excluding carboxylic acids is 1. The summed E-state index contributed by atoms with van der Waals surface area (Å²) in [6.45, 7) is 3.24. The normalized spacial score (nSPS) is 20.3. The molecule has 2 saturated carbocycles. The molecular formula is C18H26N2O2.